The first kappa shape index (κ1) is 12.3. The predicted molar refractivity (Wildman–Crippen MR) is 67.4 cm³/mol. The average Bonchev–Trinajstić information content (AvgIpc) is 2.87. The van der Waals surface area contributed by atoms with Gasteiger partial charge < -0.3 is 10.3 Å². The molecule has 0 bridgehead atoms. The van der Waals surface area contributed by atoms with Crippen LogP contribution in [0.3, 0.4) is 0 Å². The SMILES string of the molecule is CCc1nc(NCCCc2ncn[nH]2)cc(=O)[nH]1. The van der Waals surface area contributed by atoms with E-state index >= 15 is 0 Å². The third-order valence-corrected chi connectivity index (χ3v) is 2.49. The van der Waals surface area contributed by atoms with Crippen LogP contribution in [-0.4, -0.2) is 31.7 Å². The molecular formula is C11H16N6O. The van der Waals surface area contributed by atoms with Crippen molar-refractivity contribution in [3.63, 3.8) is 0 Å². The lowest BCUT2D eigenvalue weighted by molar-refractivity contribution is 0.800. The molecule has 2 rings (SSSR count). The molecule has 0 amide bonds. The standard InChI is InChI=1S/C11H16N6O/c1-2-8-15-10(6-11(18)16-8)12-5-3-4-9-13-7-14-17-9/h6-7H,2-5H2,1H3,(H,13,14,17)(H2,12,15,16,18). The maximum atomic E-state index is 11.3. The quantitative estimate of drug-likeness (QED) is 0.646. The highest BCUT2D eigenvalue weighted by molar-refractivity contribution is 5.32. The van der Waals surface area contributed by atoms with Gasteiger partial charge in [0.2, 0.25) is 0 Å². The second-order valence-electron chi connectivity index (χ2n) is 3.89. The topological polar surface area (TPSA) is 99.3 Å². The van der Waals surface area contributed by atoms with Crippen LogP contribution < -0.4 is 10.9 Å². The Balaban J connectivity index is 1.83. The van der Waals surface area contributed by atoms with Gasteiger partial charge in [0.1, 0.15) is 23.8 Å². The van der Waals surface area contributed by atoms with Crippen molar-refractivity contribution in [2.45, 2.75) is 26.2 Å². The maximum absolute atomic E-state index is 11.3. The van der Waals surface area contributed by atoms with Crippen LogP contribution in [0.5, 0.6) is 0 Å². The third kappa shape index (κ3) is 3.41. The molecule has 0 fully saturated rings. The zero-order valence-electron chi connectivity index (χ0n) is 10.2. The minimum Gasteiger partial charge on any atom is -0.370 e. The van der Waals surface area contributed by atoms with E-state index in [0.29, 0.717) is 18.1 Å². The summed E-state index contributed by atoms with van der Waals surface area (Å²) in [5.74, 6) is 2.18. The second kappa shape index (κ2) is 5.95. The van der Waals surface area contributed by atoms with Crippen LogP contribution in [0, 0.1) is 0 Å². The largest absolute Gasteiger partial charge is 0.370 e. The zero-order chi connectivity index (χ0) is 12.8. The molecule has 18 heavy (non-hydrogen) atoms. The van der Waals surface area contributed by atoms with E-state index in [1.807, 2.05) is 6.92 Å². The highest BCUT2D eigenvalue weighted by Crippen LogP contribution is 2.00. The van der Waals surface area contributed by atoms with E-state index in [2.05, 4.69) is 30.5 Å². The fraction of sp³-hybridized carbons (Fsp3) is 0.455. The van der Waals surface area contributed by atoms with Gasteiger partial charge in [-0.3, -0.25) is 9.89 Å². The van der Waals surface area contributed by atoms with Crippen LogP contribution in [0.2, 0.25) is 0 Å². The molecule has 0 radical (unpaired) electrons. The van der Waals surface area contributed by atoms with Crippen LogP contribution >= 0.6 is 0 Å². The van der Waals surface area contributed by atoms with Gasteiger partial charge in [-0.25, -0.2) is 9.97 Å². The highest BCUT2D eigenvalue weighted by atomic mass is 16.1. The Morgan fingerprint density at radius 1 is 1.39 bits per heavy atom. The van der Waals surface area contributed by atoms with Crippen molar-refractivity contribution in [3.8, 4) is 0 Å². The lowest BCUT2D eigenvalue weighted by Gasteiger charge is -2.05. The summed E-state index contributed by atoms with van der Waals surface area (Å²) in [5, 5.41) is 9.71. The van der Waals surface area contributed by atoms with Crippen molar-refractivity contribution in [1.29, 1.82) is 0 Å². The smallest absolute Gasteiger partial charge is 0.252 e. The number of hydrogen-bond acceptors (Lipinski definition) is 5. The average molecular weight is 248 g/mol. The van der Waals surface area contributed by atoms with Crippen molar-refractivity contribution < 1.29 is 0 Å². The first-order valence-corrected chi connectivity index (χ1v) is 5.96. The summed E-state index contributed by atoms with van der Waals surface area (Å²) >= 11 is 0. The van der Waals surface area contributed by atoms with Crippen LogP contribution in [0.4, 0.5) is 5.82 Å². The Kier molecular flexibility index (Phi) is 4.06. The summed E-state index contributed by atoms with van der Waals surface area (Å²) in [5.41, 5.74) is -0.125. The molecule has 0 saturated heterocycles. The van der Waals surface area contributed by atoms with E-state index in [1.165, 1.54) is 12.4 Å². The van der Waals surface area contributed by atoms with Crippen molar-refractivity contribution >= 4 is 5.82 Å². The molecule has 0 unspecified atom stereocenters. The summed E-state index contributed by atoms with van der Waals surface area (Å²) < 4.78 is 0. The van der Waals surface area contributed by atoms with E-state index in [1.54, 1.807) is 0 Å². The molecular weight excluding hydrogens is 232 g/mol. The number of rotatable bonds is 6. The minimum absolute atomic E-state index is 0.125. The Morgan fingerprint density at radius 2 is 2.28 bits per heavy atom. The maximum Gasteiger partial charge on any atom is 0.252 e. The summed E-state index contributed by atoms with van der Waals surface area (Å²) in [4.78, 5) is 22.3. The lowest BCUT2D eigenvalue weighted by Crippen LogP contribution is -2.14. The number of nitrogens with one attached hydrogen (secondary N) is 3. The molecule has 0 saturated carbocycles. The van der Waals surface area contributed by atoms with Crippen LogP contribution in [0.1, 0.15) is 25.0 Å². The van der Waals surface area contributed by atoms with Gasteiger partial charge in [-0.2, -0.15) is 5.10 Å². The first-order valence-electron chi connectivity index (χ1n) is 5.96. The molecule has 0 atom stereocenters. The van der Waals surface area contributed by atoms with Gasteiger partial charge in [-0.1, -0.05) is 6.92 Å². The van der Waals surface area contributed by atoms with Gasteiger partial charge in [0.25, 0.3) is 5.56 Å². The number of aryl methyl sites for hydroxylation is 2. The number of H-pyrrole nitrogens is 2. The summed E-state index contributed by atoms with van der Waals surface area (Å²) in [6, 6.07) is 1.47. The van der Waals surface area contributed by atoms with Crippen LogP contribution in [0.15, 0.2) is 17.2 Å². The summed E-state index contributed by atoms with van der Waals surface area (Å²) in [6.07, 6.45) is 3.92. The van der Waals surface area contributed by atoms with Crippen LogP contribution in [-0.2, 0) is 12.8 Å². The molecule has 2 heterocycles. The molecule has 7 heteroatoms. The Hall–Kier alpha value is -2.18. The zero-order valence-corrected chi connectivity index (χ0v) is 10.2. The normalized spacial score (nSPS) is 10.5. The Bertz CT molecular complexity index is 533. The summed E-state index contributed by atoms with van der Waals surface area (Å²) in [6.45, 7) is 2.69. The van der Waals surface area contributed by atoms with Gasteiger partial charge >= 0.3 is 0 Å². The molecule has 7 nitrogen and oxygen atoms in total. The molecule has 0 spiro atoms. The van der Waals surface area contributed by atoms with Crippen molar-refractivity contribution in [3.05, 3.63) is 34.4 Å². The van der Waals surface area contributed by atoms with Gasteiger partial charge in [0.05, 0.1) is 0 Å². The van der Waals surface area contributed by atoms with E-state index in [4.69, 9.17) is 0 Å². The number of aromatic amines is 2. The third-order valence-electron chi connectivity index (χ3n) is 2.49. The van der Waals surface area contributed by atoms with E-state index < -0.39 is 0 Å². The van der Waals surface area contributed by atoms with E-state index in [-0.39, 0.29) is 5.56 Å². The fourth-order valence-electron chi connectivity index (χ4n) is 1.59. The fourth-order valence-corrected chi connectivity index (χ4v) is 1.59. The van der Waals surface area contributed by atoms with Gasteiger partial charge in [0, 0.05) is 25.5 Å². The number of aromatic nitrogens is 5. The molecule has 3 N–H and O–H groups in total. The molecule has 0 aliphatic heterocycles. The second-order valence-corrected chi connectivity index (χ2v) is 3.89. The molecule has 0 aromatic carbocycles. The first-order chi connectivity index (χ1) is 8.78. The predicted octanol–water partition coefficient (Wildman–Crippen LogP) is 0.495. The lowest BCUT2D eigenvalue weighted by atomic mass is 10.3. The monoisotopic (exact) mass is 248 g/mol. The minimum atomic E-state index is -0.125. The van der Waals surface area contributed by atoms with Crippen molar-refractivity contribution in [1.82, 2.24) is 25.1 Å². The number of nitrogens with zero attached hydrogens (tertiary/aromatic N) is 3. The Morgan fingerprint density at radius 3 is 3.00 bits per heavy atom. The molecule has 2 aromatic heterocycles. The van der Waals surface area contributed by atoms with Crippen molar-refractivity contribution in [2.24, 2.45) is 0 Å². The van der Waals surface area contributed by atoms with Gasteiger partial charge in [-0.05, 0) is 6.42 Å². The molecule has 96 valence electrons. The Labute approximate surface area is 104 Å². The van der Waals surface area contributed by atoms with Gasteiger partial charge in [0.15, 0.2) is 0 Å². The summed E-state index contributed by atoms with van der Waals surface area (Å²) in [7, 11) is 0. The molecule has 0 aliphatic carbocycles. The molecule has 2 aromatic rings. The molecule has 0 aliphatic rings. The van der Waals surface area contributed by atoms with E-state index in [0.717, 1.165) is 25.2 Å². The number of anilines is 1. The van der Waals surface area contributed by atoms with Crippen molar-refractivity contribution in [2.75, 3.05) is 11.9 Å². The van der Waals surface area contributed by atoms with E-state index in [9.17, 15) is 4.79 Å². The number of hydrogen-bond donors (Lipinski definition) is 3. The van der Waals surface area contributed by atoms with Crippen LogP contribution in [0.25, 0.3) is 0 Å². The van der Waals surface area contributed by atoms with Gasteiger partial charge in [-0.15, -0.1) is 0 Å². The highest BCUT2D eigenvalue weighted by Gasteiger charge is 2.00.